The quantitative estimate of drug-likeness (QED) is 0.329. The van der Waals surface area contributed by atoms with Crippen LogP contribution in [0.15, 0.2) is 0 Å². The lowest BCUT2D eigenvalue weighted by molar-refractivity contribution is -0.168. The molecule has 0 atom stereocenters. The smallest absolute Gasteiger partial charge is 0.322 e. The summed E-state index contributed by atoms with van der Waals surface area (Å²) in [5.41, 5.74) is -1.16. The highest BCUT2D eigenvalue weighted by Crippen LogP contribution is 2.28. The lowest BCUT2D eigenvalue weighted by Crippen LogP contribution is -2.38. The van der Waals surface area contributed by atoms with Crippen molar-refractivity contribution in [2.24, 2.45) is 5.41 Å². The average molecular weight is 286 g/mol. The molecule has 0 saturated heterocycles. The van der Waals surface area contributed by atoms with E-state index in [-0.39, 0.29) is 0 Å². The largest absolute Gasteiger partial charge is 0.468 e. The van der Waals surface area contributed by atoms with Crippen molar-refractivity contribution in [3.05, 3.63) is 0 Å². The van der Waals surface area contributed by atoms with Crippen LogP contribution in [0.2, 0.25) is 0 Å². The van der Waals surface area contributed by atoms with Gasteiger partial charge in [0.05, 0.1) is 14.2 Å². The van der Waals surface area contributed by atoms with E-state index in [0.29, 0.717) is 6.42 Å². The lowest BCUT2D eigenvalue weighted by atomic mass is 9.84. The number of ether oxygens (including phenoxy) is 2. The molecule has 4 nitrogen and oxygen atoms in total. The van der Waals surface area contributed by atoms with Crippen molar-refractivity contribution < 1.29 is 19.1 Å². The summed E-state index contributed by atoms with van der Waals surface area (Å²) in [6.45, 7) is 3.81. The predicted octanol–water partition coefficient (Wildman–Crippen LogP) is 3.87. The van der Waals surface area contributed by atoms with Crippen LogP contribution < -0.4 is 0 Å². The minimum Gasteiger partial charge on any atom is -0.468 e. The van der Waals surface area contributed by atoms with Crippen LogP contribution in [0.1, 0.15) is 71.6 Å². The van der Waals surface area contributed by atoms with Crippen molar-refractivity contribution >= 4 is 11.9 Å². The fraction of sp³-hybridized carbons (Fsp3) is 0.875. The summed E-state index contributed by atoms with van der Waals surface area (Å²) in [4.78, 5) is 23.5. The van der Waals surface area contributed by atoms with Gasteiger partial charge in [-0.05, 0) is 13.3 Å². The van der Waals surface area contributed by atoms with E-state index in [1.165, 1.54) is 46.3 Å². The first-order chi connectivity index (χ1) is 9.52. The van der Waals surface area contributed by atoms with E-state index in [1.807, 2.05) is 0 Å². The summed E-state index contributed by atoms with van der Waals surface area (Å²) in [5, 5.41) is 0. The molecule has 0 aromatic carbocycles. The maximum atomic E-state index is 11.7. The third-order valence-corrected chi connectivity index (χ3v) is 3.80. The molecule has 0 fully saturated rings. The van der Waals surface area contributed by atoms with Crippen molar-refractivity contribution in [2.75, 3.05) is 14.2 Å². The van der Waals surface area contributed by atoms with Crippen LogP contribution >= 0.6 is 0 Å². The Bertz CT molecular complexity index is 270. The predicted molar refractivity (Wildman–Crippen MR) is 79.4 cm³/mol. The molecule has 0 saturated carbocycles. The highest BCUT2D eigenvalue weighted by Gasteiger charge is 2.42. The van der Waals surface area contributed by atoms with Gasteiger partial charge < -0.3 is 9.47 Å². The Morgan fingerprint density at radius 1 is 0.800 bits per heavy atom. The van der Waals surface area contributed by atoms with E-state index < -0.39 is 17.4 Å². The molecule has 4 heteroatoms. The minimum atomic E-state index is -1.16. The number of hydrogen-bond donors (Lipinski definition) is 0. The number of esters is 2. The molecule has 0 spiro atoms. The van der Waals surface area contributed by atoms with Crippen LogP contribution in [0, 0.1) is 5.41 Å². The maximum absolute atomic E-state index is 11.7. The van der Waals surface area contributed by atoms with Gasteiger partial charge in [0.2, 0.25) is 0 Å². The minimum absolute atomic E-state index is 0.487. The number of carbonyl (C=O) groups excluding carboxylic acids is 2. The Kier molecular flexibility index (Phi) is 10.1. The van der Waals surface area contributed by atoms with Gasteiger partial charge in [-0.25, -0.2) is 0 Å². The Morgan fingerprint density at radius 2 is 1.20 bits per heavy atom. The van der Waals surface area contributed by atoms with Crippen LogP contribution in [0.5, 0.6) is 0 Å². The molecule has 0 aromatic rings. The molecular weight excluding hydrogens is 256 g/mol. The van der Waals surface area contributed by atoms with Crippen molar-refractivity contribution in [1.29, 1.82) is 0 Å². The standard InChI is InChI=1S/C16H30O4/c1-5-6-7-8-9-10-11-12-13-16(2,14(17)19-3)15(18)20-4/h5-13H2,1-4H3. The topological polar surface area (TPSA) is 52.6 Å². The molecule has 0 N–H and O–H groups in total. The normalized spacial score (nSPS) is 11.2. The fourth-order valence-corrected chi connectivity index (χ4v) is 2.35. The van der Waals surface area contributed by atoms with Crippen LogP contribution in [0.4, 0.5) is 0 Å². The fourth-order valence-electron chi connectivity index (χ4n) is 2.35. The van der Waals surface area contributed by atoms with Crippen LogP contribution in [-0.2, 0) is 19.1 Å². The summed E-state index contributed by atoms with van der Waals surface area (Å²) in [6.07, 6.45) is 9.90. The van der Waals surface area contributed by atoms with Crippen LogP contribution in [0.3, 0.4) is 0 Å². The van der Waals surface area contributed by atoms with E-state index in [0.717, 1.165) is 19.3 Å². The molecule has 118 valence electrons. The number of unbranched alkanes of at least 4 members (excludes halogenated alkanes) is 7. The first kappa shape index (κ1) is 18.9. The van der Waals surface area contributed by atoms with Gasteiger partial charge in [0.25, 0.3) is 0 Å². The molecule has 0 aliphatic heterocycles. The molecule has 0 amide bonds. The second-order valence-corrected chi connectivity index (χ2v) is 5.54. The third kappa shape index (κ3) is 6.40. The molecule has 0 aliphatic rings. The molecule has 0 bridgehead atoms. The Labute approximate surface area is 123 Å². The van der Waals surface area contributed by atoms with Gasteiger partial charge in [-0.2, -0.15) is 0 Å². The number of rotatable bonds is 11. The molecular formula is C16H30O4. The highest BCUT2D eigenvalue weighted by molar-refractivity contribution is 5.99. The maximum Gasteiger partial charge on any atom is 0.322 e. The van der Waals surface area contributed by atoms with Gasteiger partial charge in [0, 0.05) is 0 Å². The summed E-state index contributed by atoms with van der Waals surface area (Å²) < 4.78 is 9.44. The Balaban J connectivity index is 3.98. The molecule has 0 heterocycles. The summed E-state index contributed by atoms with van der Waals surface area (Å²) in [6, 6.07) is 0. The first-order valence-corrected chi connectivity index (χ1v) is 7.69. The van der Waals surface area contributed by atoms with Gasteiger partial charge in [-0.15, -0.1) is 0 Å². The zero-order chi connectivity index (χ0) is 15.4. The zero-order valence-corrected chi connectivity index (χ0v) is 13.5. The highest BCUT2D eigenvalue weighted by atomic mass is 16.5. The van der Waals surface area contributed by atoms with Crippen molar-refractivity contribution in [1.82, 2.24) is 0 Å². The average Bonchev–Trinajstić information content (AvgIpc) is 2.47. The number of methoxy groups -OCH3 is 2. The Morgan fingerprint density at radius 3 is 1.60 bits per heavy atom. The van der Waals surface area contributed by atoms with Crippen LogP contribution in [-0.4, -0.2) is 26.2 Å². The molecule has 0 rings (SSSR count). The first-order valence-electron chi connectivity index (χ1n) is 7.69. The summed E-state index contributed by atoms with van der Waals surface area (Å²) in [5.74, 6) is -1.01. The molecule has 0 unspecified atom stereocenters. The van der Waals surface area contributed by atoms with Crippen LogP contribution in [0.25, 0.3) is 0 Å². The number of carbonyl (C=O) groups is 2. The van der Waals surface area contributed by atoms with Gasteiger partial charge in [-0.3, -0.25) is 9.59 Å². The van der Waals surface area contributed by atoms with E-state index in [4.69, 9.17) is 9.47 Å². The van der Waals surface area contributed by atoms with Gasteiger partial charge >= 0.3 is 11.9 Å². The molecule has 0 radical (unpaired) electrons. The lowest BCUT2D eigenvalue weighted by Gasteiger charge is -2.23. The molecule has 20 heavy (non-hydrogen) atoms. The Hall–Kier alpha value is -1.06. The summed E-state index contributed by atoms with van der Waals surface area (Å²) >= 11 is 0. The van der Waals surface area contributed by atoms with E-state index in [9.17, 15) is 9.59 Å². The van der Waals surface area contributed by atoms with Gasteiger partial charge in [0.15, 0.2) is 5.41 Å². The van der Waals surface area contributed by atoms with Crippen molar-refractivity contribution in [3.8, 4) is 0 Å². The molecule has 0 aliphatic carbocycles. The SMILES string of the molecule is CCCCCCCCCCC(C)(C(=O)OC)C(=O)OC. The van der Waals surface area contributed by atoms with E-state index in [1.54, 1.807) is 6.92 Å². The van der Waals surface area contributed by atoms with Gasteiger partial charge in [0.1, 0.15) is 0 Å². The van der Waals surface area contributed by atoms with Gasteiger partial charge in [-0.1, -0.05) is 58.3 Å². The second-order valence-electron chi connectivity index (χ2n) is 5.54. The number of hydrogen-bond acceptors (Lipinski definition) is 4. The van der Waals surface area contributed by atoms with E-state index in [2.05, 4.69) is 6.92 Å². The van der Waals surface area contributed by atoms with E-state index >= 15 is 0 Å². The summed E-state index contributed by atoms with van der Waals surface area (Å²) in [7, 11) is 2.61. The second kappa shape index (κ2) is 10.7. The zero-order valence-electron chi connectivity index (χ0n) is 13.5. The van der Waals surface area contributed by atoms with Crippen molar-refractivity contribution in [3.63, 3.8) is 0 Å². The molecule has 0 aromatic heterocycles. The third-order valence-electron chi connectivity index (χ3n) is 3.80. The monoisotopic (exact) mass is 286 g/mol. The van der Waals surface area contributed by atoms with Crippen molar-refractivity contribution in [2.45, 2.75) is 71.6 Å².